The van der Waals surface area contributed by atoms with E-state index in [1.54, 1.807) is 4.90 Å². The van der Waals surface area contributed by atoms with Gasteiger partial charge in [0.2, 0.25) is 5.91 Å². The van der Waals surface area contributed by atoms with Gasteiger partial charge in [0.15, 0.2) is 0 Å². The quantitative estimate of drug-likeness (QED) is 0.710. The van der Waals surface area contributed by atoms with Gasteiger partial charge in [-0.3, -0.25) is 4.79 Å². The second-order valence-corrected chi connectivity index (χ2v) is 4.46. The van der Waals surface area contributed by atoms with Gasteiger partial charge in [0.1, 0.15) is 5.92 Å². The van der Waals surface area contributed by atoms with Gasteiger partial charge in [0, 0.05) is 13.6 Å². The monoisotopic (exact) mass is 208 g/mol. The smallest absolute Gasteiger partial charge is 0.239 e. The third-order valence-electron chi connectivity index (χ3n) is 3.25. The van der Waals surface area contributed by atoms with Crippen LogP contribution in [-0.4, -0.2) is 24.4 Å². The van der Waals surface area contributed by atoms with Gasteiger partial charge in [-0.05, 0) is 25.2 Å². The Bertz CT molecular complexity index is 251. The zero-order valence-electron chi connectivity index (χ0n) is 9.70. The molecule has 0 bridgehead atoms. The van der Waals surface area contributed by atoms with E-state index in [-0.39, 0.29) is 5.91 Å². The Morgan fingerprint density at radius 2 is 2.13 bits per heavy atom. The highest BCUT2D eigenvalue weighted by Gasteiger charge is 2.23. The summed E-state index contributed by atoms with van der Waals surface area (Å²) in [7, 11) is 1.82. The first kappa shape index (κ1) is 12.0. The Hall–Kier alpha value is -1.04. The number of nitrogens with zero attached hydrogens (tertiary/aromatic N) is 2. The molecule has 15 heavy (non-hydrogen) atoms. The highest BCUT2D eigenvalue weighted by atomic mass is 16.2. The summed E-state index contributed by atoms with van der Waals surface area (Å²) >= 11 is 0. The third-order valence-corrected chi connectivity index (χ3v) is 3.25. The van der Waals surface area contributed by atoms with E-state index in [0.717, 1.165) is 6.54 Å². The second-order valence-electron chi connectivity index (χ2n) is 4.46. The van der Waals surface area contributed by atoms with Crippen LogP contribution in [0.2, 0.25) is 0 Å². The molecule has 0 aromatic carbocycles. The van der Waals surface area contributed by atoms with Gasteiger partial charge in [-0.1, -0.05) is 19.8 Å². The molecule has 1 aliphatic rings. The molecule has 0 aliphatic heterocycles. The average molecular weight is 208 g/mol. The number of hydrogen-bond donors (Lipinski definition) is 0. The normalized spacial score (nSPS) is 18.5. The van der Waals surface area contributed by atoms with Crippen LogP contribution in [0.5, 0.6) is 0 Å². The Labute approximate surface area is 92.1 Å². The van der Waals surface area contributed by atoms with Gasteiger partial charge in [-0.15, -0.1) is 0 Å². The summed E-state index contributed by atoms with van der Waals surface area (Å²) in [5.74, 6) is 0.207. The maximum absolute atomic E-state index is 11.8. The lowest BCUT2D eigenvalue weighted by molar-refractivity contribution is -0.133. The van der Waals surface area contributed by atoms with E-state index in [2.05, 4.69) is 6.07 Å². The van der Waals surface area contributed by atoms with Crippen LogP contribution in [0.15, 0.2) is 0 Å². The third kappa shape index (κ3) is 3.23. The van der Waals surface area contributed by atoms with Crippen molar-refractivity contribution in [3.05, 3.63) is 0 Å². The van der Waals surface area contributed by atoms with E-state index in [9.17, 15) is 4.79 Å². The Morgan fingerprint density at radius 1 is 1.53 bits per heavy atom. The average Bonchev–Trinajstić information content (AvgIpc) is 2.72. The van der Waals surface area contributed by atoms with Gasteiger partial charge in [0.05, 0.1) is 6.07 Å². The Balaban J connectivity index is 2.41. The number of rotatable bonds is 4. The van der Waals surface area contributed by atoms with Crippen molar-refractivity contribution in [2.24, 2.45) is 11.8 Å². The van der Waals surface area contributed by atoms with Gasteiger partial charge < -0.3 is 4.90 Å². The summed E-state index contributed by atoms with van der Waals surface area (Å²) in [4.78, 5) is 13.5. The molecule has 1 fully saturated rings. The van der Waals surface area contributed by atoms with Crippen LogP contribution >= 0.6 is 0 Å². The molecule has 84 valence electrons. The lowest BCUT2D eigenvalue weighted by Gasteiger charge is -2.22. The fourth-order valence-electron chi connectivity index (χ4n) is 2.26. The molecule has 1 aliphatic carbocycles. The van der Waals surface area contributed by atoms with Crippen LogP contribution in [0.4, 0.5) is 0 Å². The zero-order valence-corrected chi connectivity index (χ0v) is 9.70. The second kappa shape index (κ2) is 5.75. The van der Waals surface area contributed by atoms with E-state index in [4.69, 9.17) is 5.26 Å². The lowest BCUT2D eigenvalue weighted by atomic mass is 10.0. The topological polar surface area (TPSA) is 44.1 Å². The number of amides is 1. The van der Waals surface area contributed by atoms with Gasteiger partial charge in [0.25, 0.3) is 0 Å². The summed E-state index contributed by atoms with van der Waals surface area (Å²) in [6.07, 6.45) is 5.68. The Morgan fingerprint density at radius 3 is 2.60 bits per heavy atom. The van der Waals surface area contributed by atoms with Crippen molar-refractivity contribution < 1.29 is 4.79 Å². The molecule has 0 N–H and O–H groups in total. The summed E-state index contributed by atoms with van der Waals surface area (Å²) in [5, 5.41) is 8.81. The largest absolute Gasteiger partial charge is 0.344 e. The highest BCUT2D eigenvalue weighted by Crippen LogP contribution is 2.25. The van der Waals surface area contributed by atoms with Crippen LogP contribution in [-0.2, 0) is 4.79 Å². The van der Waals surface area contributed by atoms with Crippen LogP contribution in [0.3, 0.4) is 0 Å². The molecule has 1 saturated carbocycles. The molecular weight excluding hydrogens is 188 g/mol. The summed E-state index contributed by atoms with van der Waals surface area (Å²) in [6, 6.07) is 2.07. The molecule has 0 aromatic heterocycles. The van der Waals surface area contributed by atoms with Crippen LogP contribution < -0.4 is 0 Å². The predicted octanol–water partition coefficient (Wildman–Crippen LogP) is 2.18. The minimum atomic E-state index is -0.448. The fraction of sp³-hybridized carbons (Fsp3) is 0.833. The number of carbonyl (C=O) groups is 1. The number of carbonyl (C=O) groups excluding carboxylic acids is 1. The van der Waals surface area contributed by atoms with Crippen LogP contribution in [0.25, 0.3) is 0 Å². The standard InChI is InChI=1S/C12H20N2O/c1-3-11(8-13)12(15)14(2)9-10-6-4-5-7-10/h10-11H,3-7,9H2,1-2H3. The van der Waals surface area contributed by atoms with Crippen molar-refractivity contribution in [3.63, 3.8) is 0 Å². The van der Waals surface area contributed by atoms with Crippen LogP contribution in [0, 0.1) is 23.2 Å². The molecule has 1 unspecified atom stereocenters. The lowest BCUT2D eigenvalue weighted by Crippen LogP contribution is -2.35. The molecule has 3 nitrogen and oxygen atoms in total. The van der Waals surface area contributed by atoms with Crippen molar-refractivity contribution in [1.82, 2.24) is 4.90 Å². The first-order valence-corrected chi connectivity index (χ1v) is 5.83. The molecule has 1 amide bonds. The number of nitriles is 1. The van der Waals surface area contributed by atoms with E-state index < -0.39 is 5.92 Å². The van der Waals surface area contributed by atoms with Crippen molar-refractivity contribution in [2.75, 3.05) is 13.6 Å². The molecule has 1 rings (SSSR count). The Kier molecular flexibility index (Phi) is 4.61. The molecule has 1 atom stereocenters. The first-order chi connectivity index (χ1) is 7.19. The zero-order chi connectivity index (χ0) is 11.3. The predicted molar refractivity (Wildman–Crippen MR) is 59.0 cm³/mol. The molecule has 0 heterocycles. The molecule has 0 saturated heterocycles. The van der Waals surface area contributed by atoms with E-state index >= 15 is 0 Å². The maximum atomic E-state index is 11.8. The van der Waals surface area contributed by atoms with E-state index in [1.165, 1.54) is 25.7 Å². The van der Waals surface area contributed by atoms with Crippen molar-refractivity contribution in [2.45, 2.75) is 39.0 Å². The fourth-order valence-corrected chi connectivity index (χ4v) is 2.26. The van der Waals surface area contributed by atoms with Gasteiger partial charge >= 0.3 is 0 Å². The molecule has 0 spiro atoms. The summed E-state index contributed by atoms with van der Waals surface area (Å²) < 4.78 is 0. The highest BCUT2D eigenvalue weighted by molar-refractivity contribution is 5.80. The molecule has 0 aromatic rings. The van der Waals surface area contributed by atoms with E-state index in [0.29, 0.717) is 12.3 Å². The van der Waals surface area contributed by atoms with Gasteiger partial charge in [-0.2, -0.15) is 5.26 Å². The minimum Gasteiger partial charge on any atom is -0.344 e. The first-order valence-electron chi connectivity index (χ1n) is 5.83. The van der Waals surface area contributed by atoms with Gasteiger partial charge in [-0.25, -0.2) is 0 Å². The molecule has 3 heteroatoms. The number of hydrogen-bond acceptors (Lipinski definition) is 2. The SMILES string of the molecule is CCC(C#N)C(=O)N(C)CC1CCCC1. The minimum absolute atomic E-state index is 0.00750. The van der Waals surface area contributed by atoms with Crippen molar-refractivity contribution in [1.29, 1.82) is 5.26 Å². The summed E-state index contributed by atoms with van der Waals surface area (Å²) in [5.41, 5.74) is 0. The van der Waals surface area contributed by atoms with E-state index in [1.807, 2.05) is 14.0 Å². The molecule has 0 radical (unpaired) electrons. The van der Waals surface area contributed by atoms with Crippen molar-refractivity contribution in [3.8, 4) is 6.07 Å². The van der Waals surface area contributed by atoms with Crippen LogP contribution in [0.1, 0.15) is 39.0 Å². The molecular formula is C12H20N2O. The van der Waals surface area contributed by atoms with Crippen molar-refractivity contribution >= 4 is 5.91 Å². The maximum Gasteiger partial charge on any atom is 0.239 e. The summed E-state index contributed by atoms with van der Waals surface area (Å²) in [6.45, 7) is 2.71.